The molecule has 1 N–H and O–H groups in total. The monoisotopic (exact) mass is 230 g/mol. The lowest BCUT2D eigenvalue weighted by Gasteiger charge is -2.29. The maximum Gasteiger partial charge on any atom is 0.106 e. The van der Waals surface area contributed by atoms with Crippen molar-refractivity contribution in [3.05, 3.63) is 48.0 Å². The van der Waals surface area contributed by atoms with E-state index >= 15 is 0 Å². The van der Waals surface area contributed by atoms with E-state index in [0.29, 0.717) is 6.04 Å². The molecule has 1 atom stereocenters. The summed E-state index contributed by atoms with van der Waals surface area (Å²) in [5, 5.41) is 3.37. The number of rotatable bonds is 0. The van der Waals surface area contributed by atoms with Crippen molar-refractivity contribution < 1.29 is 0 Å². The summed E-state index contributed by atoms with van der Waals surface area (Å²) in [5.74, 6) is 1.23. The standard InChI is InChI=1S/C10H10N2.2ClH/c1-3-8-4-2-6-10-11-7-9(5-1)12(8)10;;/h1-6,9,11H,7H2;2*1H. The maximum atomic E-state index is 3.37. The van der Waals surface area contributed by atoms with Crippen molar-refractivity contribution in [3.63, 3.8) is 0 Å². The van der Waals surface area contributed by atoms with E-state index in [4.69, 9.17) is 0 Å². The minimum Gasteiger partial charge on any atom is -0.369 e. The molecule has 1 saturated heterocycles. The third-order valence-corrected chi connectivity index (χ3v) is 2.48. The van der Waals surface area contributed by atoms with Gasteiger partial charge in [-0.25, -0.2) is 0 Å². The van der Waals surface area contributed by atoms with Crippen LogP contribution in [0.1, 0.15) is 0 Å². The van der Waals surface area contributed by atoms with Crippen LogP contribution in [-0.2, 0) is 0 Å². The van der Waals surface area contributed by atoms with E-state index in [1.54, 1.807) is 0 Å². The van der Waals surface area contributed by atoms with Crippen molar-refractivity contribution in [2.24, 2.45) is 0 Å². The van der Waals surface area contributed by atoms with Crippen molar-refractivity contribution in [1.29, 1.82) is 0 Å². The Morgan fingerprint density at radius 3 is 2.93 bits per heavy atom. The molecule has 0 amide bonds. The highest BCUT2D eigenvalue weighted by Gasteiger charge is 2.29. The Morgan fingerprint density at radius 1 is 1.21 bits per heavy atom. The second-order valence-corrected chi connectivity index (χ2v) is 3.21. The first-order valence-corrected chi connectivity index (χ1v) is 4.25. The molecule has 0 spiro atoms. The first kappa shape index (κ1) is 11.2. The Kier molecular flexibility index (Phi) is 3.29. The van der Waals surface area contributed by atoms with Crippen LogP contribution in [0.25, 0.3) is 0 Å². The summed E-state index contributed by atoms with van der Waals surface area (Å²) in [6.45, 7) is 1.03. The highest BCUT2D eigenvalue weighted by molar-refractivity contribution is 5.85. The van der Waals surface area contributed by atoms with Gasteiger partial charge >= 0.3 is 0 Å². The summed E-state index contributed by atoms with van der Waals surface area (Å²) in [6, 6.07) is 0.529. The highest BCUT2D eigenvalue weighted by atomic mass is 35.5. The number of halogens is 2. The molecule has 0 bridgehead atoms. The molecule has 3 aliphatic rings. The molecule has 2 nitrogen and oxygen atoms in total. The predicted molar refractivity (Wildman–Crippen MR) is 62.6 cm³/mol. The van der Waals surface area contributed by atoms with Gasteiger partial charge in [0.1, 0.15) is 5.82 Å². The van der Waals surface area contributed by atoms with Crippen LogP contribution in [0.3, 0.4) is 0 Å². The molecule has 0 radical (unpaired) electrons. The largest absolute Gasteiger partial charge is 0.369 e. The van der Waals surface area contributed by atoms with Crippen LogP contribution in [0.5, 0.6) is 0 Å². The van der Waals surface area contributed by atoms with Gasteiger partial charge in [-0.3, -0.25) is 0 Å². The maximum absolute atomic E-state index is 3.37. The van der Waals surface area contributed by atoms with Crippen molar-refractivity contribution in [3.8, 4) is 0 Å². The Hall–Kier alpha value is -0.860. The highest BCUT2D eigenvalue weighted by Crippen LogP contribution is 2.28. The Labute approximate surface area is 95.9 Å². The van der Waals surface area contributed by atoms with E-state index in [1.807, 2.05) is 0 Å². The number of allylic oxidation sites excluding steroid dienone is 5. The van der Waals surface area contributed by atoms with Gasteiger partial charge in [-0.05, 0) is 18.2 Å². The van der Waals surface area contributed by atoms with E-state index in [1.165, 1.54) is 11.5 Å². The SMILES string of the molecule is C1=CC2=CC=CC3CNC(=C1)N23.Cl.Cl. The van der Waals surface area contributed by atoms with Crippen molar-refractivity contribution in [2.45, 2.75) is 6.04 Å². The molecule has 3 heterocycles. The summed E-state index contributed by atoms with van der Waals surface area (Å²) in [6.07, 6.45) is 12.9. The van der Waals surface area contributed by atoms with Gasteiger partial charge in [0.2, 0.25) is 0 Å². The molecule has 4 heteroatoms. The second-order valence-electron chi connectivity index (χ2n) is 3.21. The molecule has 3 aliphatic heterocycles. The van der Waals surface area contributed by atoms with Crippen LogP contribution < -0.4 is 5.32 Å². The lowest BCUT2D eigenvalue weighted by molar-refractivity contribution is 0.429. The Bertz CT molecular complexity index is 342. The topological polar surface area (TPSA) is 15.3 Å². The van der Waals surface area contributed by atoms with E-state index < -0.39 is 0 Å². The molecule has 14 heavy (non-hydrogen) atoms. The van der Waals surface area contributed by atoms with E-state index in [9.17, 15) is 0 Å². The van der Waals surface area contributed by atoms with E-state index in [0.717, 1.165) is 6.54 Å². The molecule has 0 saturated carbocycles. The van der Waals surface area contributed by atoms with Gasteiger partial charge in [-0.15, -0.1) is 24.8 Å². The zero-order chi connectivity index (χ0) is 7.97. The van der Waals surface area contributed by atoms with Crippen LogP contribution in [0.15, 0.2) is 48.0 Å². The summed E-state index contributed by atoms with van der Waals surface area (Å²) >= 11 is 0. The summed E-state index contributed by atoms with van der Waals surface area (Å²) in [7, 11) is 0. The van der Waals surface area contributed by atoms with Gasteiger partial charge in [0.05, 0.1) is 6.04 Å². The van der Waals surface area contributed by atoms with Crippen LogP contribution in [-0.4, -0.2) is 17.5 Å². The van der Waals surface area contributed by atoms with Gasteiger partial charge in [0.15, 0.2) is 0 Å². The Balaban J connectivity index is 0.000000490. The predicted octanol–water partition coefficient (Wildman–Crippen LogP) is 1.97. The zero-order valence-electron chi connectivity index (χ0n) is 7.51. The van der Waals surface area contributed by atoms with Crippen molar-refractivity contribution in [1.82, 2.24) is 10.2 Å². The molecular weight excluding hydrogens is 219 g/mol. The molecule has 1 fully saturated rings. The fraction of sp³-hybridized carbons (Fsp3) is 0.200. The fourth-order valence-electron chi connectivity index (χ4n) is 1.92. The summed E-state index contributed by atoms with van der Waals surface area (Å²) in [5.41, 5.74) is 1.30. The van der Waals surface area contributed by atoms with E-state index in [2.05, 4.69) is 46.7 Å². The number of nitrogens with zero attached hydrogens (tertiary/aromatic N) is 1. The number of hydrogen-bond acceptors (Lipinski definition) is 2. The lowest BCUT2D eigenvalue weighted by atomic mass is 10.1. The van der Waals surface area contributed by atoms with Crippen LogP contribution >= 0.6 is 24.8 Å². The van der Waals surface area contributed by atoms with Crippen LogP contribution in [0.2, 0.25) is 0 Å². The first-order chi connectivity index (χ1) is 5.95. The van der Waals surface area contributed by atoms with Gasteiger partial charge in [0, 0.05) is 12.2 Å². The molecule has 0 aliphatic carbocycles. The van der Waals surface area contributed by atoms with Gasteiger partial charge < -0.3 is 10.2 Å². The molecule has 3 rings (SSSR count). The average Bonchev–Trinajstić information content (AvgIpc) is 2.52. The van der Waals surface area contributed by atoms with Gasteiger partial charge in [0.25, 0.3) is 0 Å². The van der Waals surface area contributed by atoms with E-state index in [-0.39, 0.29) is 24.8 Å². The lowest BCUT2D eigenvalue weighted by Crippen LogP contribution is -2.29. The molecule has 0 aromatic rings. The smallest absolute Gasteiger partial charge is 0.106 e. The third-order valence-electron chi connectivity index (χ3n) is 2.48. The quantitative estimate of drug-likeness (QED) is 0.685. The summed E-state index contributed by atoms with van der Waals surface area (Å²) in [4.78, 5) is 2.33. The number of hydrogen-bond donors (Lipinski definition) is 1. The molecule has 0 aromatic carbocycles. The fourth-order valence-corrected chi connectivity index (χ4v) is 1.92. The van der Waals surface area contributed by atoms with Crippen LogP contribution in [0.4, 0.5) is 0 Å². The zero-order valence-corrected chi connectivity index (χ0v) is 9.15. The van der Waals surface area contributed by atoms with Crippen LogP contribution in [0, 0.1) is 0 Å². The molecule has 0 aromatic heterocycles. The second kappa shape index (κ2) is 4.11. The van der Waals surface area contributed by atoms with Crippen molar-refractivity contribution >= 4 is 24.8 Å². The number of nitrogens with one attached hydrogen (secondary N) is 1. The minimum atomic E-state index is 0. The third kappa shape index (κ3) is 1.45. The molecular formula is C10H12Cl2N2. The molecule has 1 unspecified atom stereocenters. The summed E-state index contributed by atoms with van der Waals surface area (Å²) < 4.78 is 0. The van der Waals surface area contributed by atoms with Gasteiger partial charge in [-0.2, -0.15) is 0 Å². The average molecular weight is 231 g/mol. The van der Waals surface area contributed by atoms with Crippen molar-refractivity contribution in [2.75, 3.05) is 6.54 Å². The minimum absolute atomic E-state index is 0. The first-order valence-electron chi connectivity index (χ1n) is 4.25. The normalized spacial score (nSPS) is 25.1. The molecule has 76 valence electrons. The Morgan fingerprint density at radius 2 is 2.07 bits per heavy atom. The van der Waals surface area contributed by atoms with Gasteiger partial charge in [-0.1, -0.05) is 18.2 Å².